The third-order valence-corrected chi connectivity index (χ3v) is 5.13. The van der Waals surface area contributed by atoms with E-state index < -0.39 is 30.6 Å². The fourth-order valence-electron chi connectivity index (χ4n) is 3.21. The van der Waals surface area contributed by atoms with Crippen LogP contribution < -0.4 is 5.69 Å². The summed E-state index contributed by atoms with van der Waals surface area (Å²) in [7, 11) is 0. The van der Waals surface area contributed by atoms with Gasteiger partial charge in [-0.2, -0.15) is 23.0 Å². The number of aromatic nitrogens is 8. The van der Waals surface area contributed by atoms with Gasteiger partial charge in [-0.1, -0.05) is 11.6 Å². The van der Waals surface area contributed by atoms with E-state index in [4.69, 9.17) is 11.6 Å². The molecular weight excluding hydrogens is 493 g/mol. The van der Waals surface area contributed by atoms with Crippen molar-refractivity contribution in [1.29, 1.82) is 0 Å². The Morgan fingerprint density at radius 3 is 2.43 bits per heavy atom. The van der Waals surface area contributed by atoms with Gasteiger partial charge in [0, 0.05) is 16.8 Å². The summed E-state index contributed by atoms with van der Waals surface area (Å²) < 4.78 is 41.9. The van der Waals surface area contributed by atoms with Gasteiger partial charge in [0.15, 0.2) is 29.4 Å². The van der Waals surface area contributed by atoms with Crippen molar-refractivity contribution < 1.29 is 23.4 Å². The monoisotopic (exact) mass is 510 g/mol. The molecule has 184 valence electrons. The van der Waals surface area contributed by atoms with Gasteiger partial charge in [-0.05, 0) is 43.3 Å². The first-order chi connectivity index (χ1) is 16.5. The Bertz CT molecular complexity index is 1370. The predicted octanol–water partition coefficient (Wildman–Crippen LogP) is 1.76. The normalized spacial score (nSPS) is 13.7. The maximum Gasteiger partial charge on any atom is 0.416 e. The third-order valence-electron chi connectivity index (χ3n) is 4.87. The van der Waals surface area contributed by atoms with E-state index in [0.717, 1.165) is 9.25 Å². The van der Waals surface area contributed by atoms with Gasteiger partial charge in [-0.15, -0.1) is 15.3 Å². The molecule has 0 aliphatic carbocycles. The molecule has 0 bridgehead atoms. The molecule has 4 rings (SSSR count). The molecule has 0 aliphatic rings. The van der Waals surface area contributed by atoms with Crippen LogP contribution in [0.3, 0.4) is 0 Å². The first-order valence-corrected chi connectivity index (χ1v) is 10.5. The minimum absolute atomic E-state index is 0.0392. The number of aliphatic hydroxyl groups excluding tert-OH is 2. The van der Waals surface area contributed by atoms with Crippen molar-refractivity contribution in [1.82, 2.24) is 39.3 Å². The summed E-state index contributed by atoms with van der Waals surface area (Å²) in [6.07, 6.45) is -7.34. The average molecular weight is 511 g/mol. The van der Waals surface area contributed by atoms with Gasteiger partial charge >= 0.3 is 11.9 Å². The van der Waals surface area contributed by atoms with Crippen molar-refractivity contribution in [3.05, 3.63) is 69.8 Å². The Labute approximate surface area is 200 Å². The summed E-state index contributed by atoms with van der Waals surface area (Å²) in [5.74, 6) is 0.296. The first kappa shape index (κ1) is 24.5. The van der Waals surface area contributed by atoms with E-state index in [-0.39, 0.29) is 29.8 Å². The lowest BCUT2D eigenvalue weighted by Crippen LogP contribution is -2.37. The standard InChI is InChI=1S/C20H18ClF3N8O3/c1-11(33)17-26-15(28-32(17)16-3-2-8-25-27-16)10-31-19(35)30(9-14(34)20(22,23)24)18(29-31)12-4-6-13(21)7-5-12/h2-8,11,14,33-34H,9-10H2,1H3/t11-,14?/m0/s1. The Hall–Kier alpha value is -3.62. The van der Waals surface area contributed by atoms with Gasteiger partial charge in [0.1, 0.15) is 12.6 Å². The number of halogens is 4. The second-order valence-corrected chi connectivity index (χ2v) is 7.93. The Morgan fingerprint density at radius 1 is 1.11 bits per heavy atom. The van der Waals surface area contributed by atoms with Crippen LogP contribution in [-0.4, -0.2) is 61.8 Å². The number of nitrogens with zero attached hydrogens (tertiary/aromatic N) is 8. The van der Waals surface area contributed by atoms with E-state index in [2.05, 4.69) is 25.4 Å². The second-order valence-electron chi connectivity index (χ2n) is 7.49. The van der Waals surface area contributed by atoms with Gasteiger partial charge in [-0.3, -0.25) is 4.57 Å². The lowest BCUT2D eigenvalue weighted by molar-refractivity contribution is -0.207. The zero-order valence-corrected chi connectivity index (χ0v) is 18.8. The molecule has 3 heterocycles. The van der Waals surface area contributed by atoms with E-state index in [1.54, 1.807) is 12.1 Å². The number of hydrogen-bond donors (Lipinski definition) is 2. The number of hydrogen-bond acceptors (Lipinski definition) is 8. The molecule has 0 aliphatic heterocycles. The zero-order chi connectivity index (χ0) is 25.3. The fourth-order valence-corrected chi connectivity index (χ4v) is 3.34. The number of benzene rings is 1. The van der Waals surface area contributed by atoms with Crippen molar-refractivity contribution in [2.75, 3.05) is 0 Å². The molecule has 1 aromatic carbocycles. The van der Waals surface area contributed by atoms with Crippen LogP contribution in [0.1, 0.15) is 24.7 Å². The van der Waals surface area contributed by atoms with Gasteiger partial charge in [0.05, 0.1) is 6.54 Å². The second kappa shape index (κ2) is 9.56. The van der Waals surface area contributed by atoms with Crippen LogP contribution in [0.25, 0.3) is 17.2 Å². The molecule has 0 saturated heterocycles. The highest BCUT2D eigenvalue weighted by Crippen LogP contribution is 2.24. The molecule has 0 radical (unpaired) electrons. The molecular formula is C20H18ClF3N8O3. The van der Waals surface area contributed by atoms with Gasteiger partial charge in [0.2, 0.25) is 0 Å². The number of rotatable bonds is 7. The van der Waals surface area contributed by atoms with E-state index in [9.17, 15) is 28.2 Å². The van der Waals surface area contributed by atoms with Crippen molar-refractivity contribution in [2.45, 2.75) is 38.4 Å². The largest absolute Gasteiger partial charge is 0.416 e. The maximum atomic E-state index is 13.0. The van der Waals surface area contributed by atoms with Crippen LogP contribution in [0.5, 0.6) is 0 Å². The van der Waals surface area contributed by atoms with Crippen molar-refractivity contribution in [3.63, 3.8) is 0 Å². The highest BCUT2D eigenvalue weighted by atomic mass is 35.5. The molecule has 11 nitrogen and oxygen atoms in total. The summed E-state index contributed by atoms with van der Waals surface area (Å²) in [5.41, 5.74) is -0.616. The van der Waals surface area contributed by atoms with Gasteiger partial charge in [0.25, 0.3) is 0 Å². The highest BCUT2D eigenvalue weighted by molar-refractivity contribution is 6.30. The smallest absolute Gasteiger partial charge is 0.385 e. The minimum atomic E-state index is -4.94. The van der Waals surface area contributed by atoms with E-state index in [1.807, 2.05) is 0 Å². The maximum absolute atomic E-state index is 13.0. The molecule has 0 fully saturated rings. The van der Waals surface area contributed by atoms with Crippen LogP contribution in [0.15, 0.2) is 47.4 Å². The predicted molar refractivity (Wildman–Crippen MR) is 116 cm³/mol. The van der Waals surface area contributed by atoms with Crippen molar-refractivity contribution >= 4 is 11.6 Å². The quantitative estimate of drug-likeness (QED) is 0.384. The number of alkyl halides is 3. The highest BCUT2D eigenvalue weighted by Gasteiger charge is 2.39. The Kier molecular flexibility index (Phi) is 6.69. The van der Waals surface area contributed by atoms with Gasteiger partial charge < -0.3 is 10.2 Å². The molecule has 0 spiro atoms. The fraction of sp³-hybridized carbons (Fsp3) is 0.300. The first-order valence-electron chi connectivity index (χ1n) is 10.1. The molecule has 35 heavy (non-hydrogen) atoms. The van der Waals surface area contributed by atoms with Crippen molar-refractivity contribution in [3.8, 4) is 17.2 Å². The Morgan fingerprint density at radius 2 is 1.83 bits per heavy atom. The van der Waals surface area contributed by atoms with Crippen LogP contribution in [-0.2, 0) is 13.1 Å². The van der Waals surface area contributed by atoms with Crippen molar-refractivity contribution in [2.24, 2.45) is 0 Å². The van der Waals surface area contributed by atoms with Gasteiger partial charge in [-0.25, -0.2) is 14.5 Å². The molecule has 0 amide bonds. The summed E-state index contributed by atoms with van der Waals surface area (Å²) >= 11 is 5.89. The van der Waals surface area contributed by atoms with Crippen LogP contribution in [0, 0.1) is 0 Å². The van der Waals surface area contributed by atoms with E-state index in [0.29, 0.717) is 10.6 Å². The SMILES string of the molecule is C[C@H](O)c1nc(Cn2nc(-c3ccc(Cl)cc3)n(CC(O)C(F)(F)F)c2=O)nn1-c1cccnn1. The lowest BCUT2D eigenvalue weighted by atomic mass is 10.2. The molecule has 4 aromatic rings. The molecule has 1 unspecified atom stereocenters. The minimum Gasteiger partial charge on any atom is -0.385 e. The molecule has 15 heteroatoms. The van der Waals surface area contributed by atoms with Crippen LogP contribution in [0.2, 0.25) is 5.02 Å². The number of aliphatic hydroxyl groups is 2. The van der Waals surface area contributed by atoms with E-state index in [1.165, 1.54) is 42.1 Å². The Balaban J connectivity index is 1.76. The summed E-state index contributed by atoms with van der Waals surface area (Å²) in [5, 5.41) is 36.1. The zero-order valence-electron chi connectivity index (χ0n) is 18.0. The molecule has 0 saturated carbocycles. The third kappa shape index (κ3) is 5.23. The van der Waals surface area contributed by atoms with Crippen LogP contribution >= 0.6 is 11.6 Å². The summed E-state index contributed by atoms with van der Waals surface area (Å²) in [4.78, 5) is 17.2. The summed E-state index contributed by atoms with van der Waals surface area (Å²) in [6.45, 7) is 0.0565. The lowest BCUT2D eigenvalue weighted by Gasteiger charge is -2.15. The summed E-state index contributed by atoms with van der Waals surface area (Å²) in [6, 6.07) is 9.13. The van der Waals surface area contributed by atoms with Crippen LogP contribution in [0.4, 0.5) is 13.2 Å². The van der Waals surface area contributed by atoms with E-state index >= 15 is 0 Å². The molecule has 2 atom stereocenters. The molecule has 3 aromatic heterocycles. The molecule has 2 N–H and O–H groups in total. The topological polar surface area (TPSA) is 137 Å². The average Bonchev–Trinajstić information content (AvgIpc) is 3.37.